The largest absolute Gasteiger partial charge is 0.496 e. The van der Waals surface area contributed by atoms with E-state index >= 15 is 4.79 Å². The number of rotatable bonds is 35. The second kappa shape index (κ2) is 30.0. The molecule has 2 aliphatic carbocycles. The third-order valence-corrected chi connectivity index (χ3v) is 14.7. The number of nitro groups is 1. The number of nitro benzene ring substituents is 1. The molecule has 1 fully saturated rings. The lowest BCUT2D eigenvalue weighted by Crippen LogP contribution is -2.70. The fourth-order valence-corrected chi connectivity index (χ4v) is 11.1. The molecule has 1 heterocycles. The summed E-state index contributed by atoms with van der Waals surface area (Å²) < 4.78 is 32.4. The Morgan fingerprint density at radius 2 is 1.59 bits per heavy atom. The number of oxime groups is 1. The van der Waals surface area contributed by atoms with Crippen LogP contribution in [0.25, 0.3) is 0 Å². The molecule has 3 aromatic carbocycles. The van der Waals surface area contributed by atoms with Crippen molar-refractivity contribution in [3.63, 3.8) is 0 Å². The van der Waals surface area contributed by atoms with Crippen LogP contribution in [0.3, 0.4) is 0 Å². The molecule has 3 aromatic rings. The molecule has 16 heteroatoms. The number of non-ortho nitro benzene ring substituents is 1. The van der Waals surface area contributed by atoms with Gasteiger partial charge in [-0.15, -0.1) is 6.58 Å². The van der Waals surface area contributed by atoms with Gasteiger partial charge in [-0.25, -0.2) is 0 Å². The van der Waals surface area contributed by atoms with E-state index in [4.69, 9.17) is 33.7 Å². The molecule has 0 aromatic heterocycles. The van der Waals surface area contributed by atoms with Gasteiger partial charge in [-0.3, -0.25) is 19.7 Å². The maximum Gasteiger partial charge on any atom is 0.269 e. The Hall–Kier alpha value is -5.65. The lowest BCUT2D eigenvalue weighted by molar-refractivity contribution is -0.384. The molecule has 6 rings (SSSR count). The summed E-state index contributed by atoms with van der Waals surface area (Å²) >= 11 is 0. The Morgan fingerprint density at radius 1 is 0.892 bits per heavy atom. The number of aldehydes is 1. The van der Waals surface area contributed by atoms with Crippen LogP contribution in [-0.2, 0) is 25.7 Å². The molecule has 6 atom stereocenters. The molecule has 1 saturated carbocycles. The smallest absolute Gasteiger partial charge is 0.269 e. The van der Waals surface area contributed by atoms with E-state index in [1.54, 1.807) is 36.4 Å². The summed E-state index contributed by atoms with van der Waals surface area (Å²) in [6.45, 7) is 6.69. The number of allylic oxidation sites excluding steroid dienone is 1. The molecule has 0 radical (unpaired) electrons. The molecule has 6 unspecified atom stereocenters. The summed E-state index contributed by atoms with van der Waals surface area (Å²) in [5.74, 6) is -0.719. The van der Waals surface area contributed by atoms with Crippen LogP contribution in [0.4, 0.5) is 5.69 Å². The average Bonchev–Trinajstić information content (AvgIpc) is 3.41. The summed E-state index contributed by atoms with van der Waals surface area (Å²) in [5, 5.41) is 46.2. The molecular weight excluding hydrogens is 947 g/mol. The van der Waals surface area contributed by atoms with Gasteiger partial charge >= 0.3 is 0 Å². The van der Waals surface area contributed by atoms with Crippen molar-refractivity contribution in [1.29, 1.82) is 0 Å². The van der Waals surface area contributed by atoms with Crippen molar-refractivity contribution in [2.75, 3.05) is 53.3 Å². The number of fused-ring (bicyclic) bond motifs is 2. The van der Waals surface area contributed by atoms with Crippen molar-refractivity contribution < 1.29 is 58.4 Å². The molecule has 3 aliphatic rings. The number of unbranched alkanes of at least 4 members (excludes halogenated alkanes) is 10. The number of hydrogen-bond donors (Lipinski definition) is 3. The molecular formula is C58H79N3O13. The maximum atomic E-state index is 15.1. The van der Waals surface area contributed by atoms with Gasteiger partial charge in [0.25, 0.3) is 5.69 Å². The second-order valence-electron chi connectivity index (χ2n) is 19.6. The standard InChI is InChI=1S/C58H79N3O13/c1-4-6-7-8-9-10-11-12-13-20-55(66)60(29-34-70-35-32-64)54-39-51(59-72-41-42-21-23-45(24-22-42)61(67)68)49-37-43(18-14-16-30-62)48(19-15-17-31-63)56-50-38-47(73-46-25-27-52(69-3)44(36-46)40-65)26-28-53(50)74-58(54,57(49)56)71-33-5-2/h5,21-28,36-38,40,43,48,54,56-57,62-64H,2,4,6-20,29-35,39,41H2,1,3H3. The number of methoxy groups -OCH3 is 1. The number of hydrogen-bond acceptors (Lipinski definition) is 14. The second-order valence-corrected chi connectivity index (χ2v) is 19.6. The Bertz CT molecular complexity index is 2320. The number of carbonyl (C=O) groups excluding carboxylic acids is 2. The van der Waals surface area contributed by atoms with E-state index in [2.05, 4.69) is 19.6 Å². The van der Waals surface area contributed by atoms with E-state index in [1.165, 1.54) is 51.3 Å². The predicted octanol–water partition coefficient (Wildman–Crippen LogP) is 10.8. The fourth-order valence-electron chi connectivity index (χ4n) is 11.1. The normalized spacial score (nSPS) is 21.2. The number of aliphatic hydroxyl groups is 3. The molecule has 404 valence electrons. The highest BCUT2D eigenvalue weighted by atomic mass is 16.7. The van der Waals surface area contributed by atoms with Gasteiger partial charge in [-0.1, -0.05) is 88.4 Å². The minimum Gasteiger partial charge on any atom is -0.496 e. The van der Waals surface area contributed by atoms with Crippen molar-refractivity contribution in [3.05, 3.63) is 112 Å². The minimum absolute atomic E-state index is 0.0167. The molecule has 3 N–H and O–H groups in total. The molecule has 0 bridgehead atoms. The topological polar surface area (TPSA) is 209 Å². The Balaban J connectivity index is 1.51. The summed E-state index contributed by atoms with van der Waals surface area (Å²) in [6, 6.07) is 16.1. The summed E-state index contributed by atoms with van der Waals surface area (Å²) in [4.78, 5) is 46.2. The maximum absolute atomic E-state index is 15.1. The van der Waals surface area contributed by atoms with E-state index in [0.717, 1.165) is 62.4 Å². The van der Waals surface area contributed by atoms with Crippen LogP contribution >= 0.6 is 0 Å². The van der Waals surface area contributed by atoms with Crippen LogP contribution < -0.4 is 14.2 Å². The van der Waals surface area contributed by atoms with Gasteiger partial charge in [-0.2, -0.15) is 0 Å². The first-order valence-electron chi connectivity index (χ1n) is 26.9. The number of carbonyl (C=O) groups is 2. The van der Waals surface area contributed by atoms with Gasteiger partial charge in [0.1, 0.15) is 35.6 Å². The van der Waals surface area contributed by atoms with Gasteiger partial charge in [0.05, 0.1) is 55.7 Å². The van der Waals surface area contributed by atoms with Crippen LogP contribution in [0, 0.1) is 27.9 Å². The first-order valence-corrected chi connectivity index (χ1v) is 26.9. The van der Waals surface area contributed by atoms with Crippen LogP contribution in [0.5, 0.6) is 23.0 Å². The fraction of sp³-hybridized carbons (Fsp3) is 0.569. The van der Waals surface area contributed by atoms with Crippen molar-refractivity contribution in [3.8, 4) is 23.0 Å². The third-order valence-electron chi connectivity index (χ3n) is 14.7. The predicted molar refractivity (Wildman–Crippen MR) is 283 cm³/mol. The Kier molecular flexibility index (Phi) is 23.4. The zero-order valence-corrected chi connectivity index (χ0v) is 43.5. The highest BCUT2D eigenvalue weighted by Gasteiger charge is 2.65. The van der Waals surface area contributed by atoms with Gasteiger partial charge in [0.15, 0.2) is 6.29 Å². The molecule has 74 heavy (non-hydrogen) atoms. The summed E-state index contributed by atoms with van der Waals surface area (Å²) in [7, 11) is 1.50. The van der Waals surface area contributed by atoms with Gasteiger partial charge < -0.3 is 48.7 Å². The summed E-state index contributed by atoms with van der Waals surface area (Å²) in [5.41, 5.74) is 3.27. The van der Waals surface area contributed by atoms with Crippen LogP contribution in [-0.4, -0.2) is 108 Å². The van der Waals surface area contributed by atoms with Gasteiger partial charge in [0.2, 0.25) is 11.7 Å². The van der Waals surface area contributed by atoms with Crippen LogP contribution in [0.2, 0.25) is 0 Å². The molecule has 1 amide bonds. The quantitative estimate of drug-likeness (QED) is 0.0165. The number of amides is 1. The summed E-state index contributed by atoms with van der Waals surface area (Å²) in [6.07, 6.45) is 19.1. The van der Waals surface area contributed by atoms with Crippen LogP contribution in [0.1, 0.15) is 143 Å². The lowest BCUT2D eigenvalue weighted by Gasteiger charge is -2.60. The van der Waals surface area contributed by atoms with Crippen LogP contribution in [0.15, 0.2) is 90.1 Å². The first-order chi connectivity index (χ1) is 36.2. The van der Waals surface area contributed by atoms with E-state index in [-0.39, 0.29) is 95.0 Å². The zero-order valence-electron chi connectivity index (χ0n) is 43.5. The highest BCUT2D eigenvalue weighted by molar-refractivity contribution is 6.03. The van der Waals surface area contributed by atoms with E-state index in [0.29, 0.717) is 59.1 Å². The number of ether oxygens (including phenoxy) is 5. The van der Waals surface area contributed by atoms with Crippen molar-refractivity contribution in [2.45, 2.75) is 140 Å². The number of benzene rings is 3. The van der Waals surface area contributed by atoms with Gasteiger partial charge in [0, 0.05) is 56.2 Å². The Labute approximate surface area is 436 Å². The molecule has 1 aliphatic heterocycles. The average molecular weight is 1030 g/mol. The number of nitrogens with zero attached hydrogens (tertiary/aromatic N) is 3. The van der Waals surface area contributed by atoms with Crippen molar-refractivity contribution >= 4 is 23.6 Å². The zero-order chi connectivity index (χ0) is 52.7. The minimum atomic E-state index is -1.51. The van der Waals surface area contributed by atoms with Crippen molar-refractivity contribution in [1.82, 2.24) is 4.90 Å². The lowest BCUT2D eigenvalue weighted by atomic mass is 9.55. The SMILES string of the molecule is C=CCOC12Oc3ccc(Oc4ccc(OC)c(C=O)c4)cc3C3C(CCCCO)C(CCCCO)C=C(C(=NOCc4ccc([N+](=O)[O-])cc4)CC1N(CCOCCO)C(=O)CCCCCCCCCCC)C32. The van der Waals surface area contributed by atoms with Gasteiger partial charge in [-0.05, 0) is 104 Å². The van der Waals surface area contributed by atoms with E-state index in [9.17, 15) is 30.2 Å². The third kappa shape index (κ3) is 15.0. The molecule has 0 saturated heterocycles. The first kappa shape index (κ1) is 57.6. The van der Waals surface area contributed by atoms with Crippen molar-refractivity contribution in [2.24, 2.45) is 22.9 Å². The van der Waals surface area contributed by atoms with E-state index in [1.807, 2.05) is 23.1 Å². The molecule has 0 spiro atoms. The monoisotopic (exact) mass is 1030 g/mol. The Morgan fingerprint density at radius 3 is 2.27 bits per heavy atom. The molecule has 16 nitrogen and oxygen atoms in total. The van der Waals surface area contributed by atoms with E-state index < -0.39 is 22.7 Å². The number of aliphatic hydroxyl groups excluding tert-OH is 3. The highest BCUT2D eigenvalue weighted by Crippen LogP contribution is 2.62.